The molecule has 1 atom stereocenters. The predicted octanol–water partition coefficient (Wildman–Crippen LogP) is 2.65. The van der Waals surface area contributed by atoms with Gasteiger partial charge in [-0.2, -0.15) is 26.3 Å². The molecule has 5 nitrogen and oxygen atoms in total. The van der Waals surface area contributed by atoms with E-state index >= 15 is 0 Å². The molecule has 0 radical (unpaired) electrons. The van der Waals surface area contributed by atoms with Crippen LogP contribution in [0, 0.1) is 0 Å². The normalized spacial score (nSPS) is 18.3. The fraction of sp³-hybridized carbons (Fsp3) is 0.467. The van der Waals surface area contributed by atoms with Crippen LogP contribution in [0.3, 0.4) is 0 Å². The predicted molar refractivity (Wildman–Crippen MR) is 76.2 cm³/mol. The van der Waals surface area contributed by atoms with Gasteiger partial charge in [0.15, 0.2) is 0 Å². The molecule has 26 heavy (non-hydrogen) atoms. The summed E-state index contributed by atoms with van der Waals surface area (Å²) in [4.78, 5) is 25.7. The second-order valence-corrected chi connectivity index (χ2v) is 5.82. The van der Waals surface area contributed by atoms with Gasteiger partial charge in [0.05, 0.1) is 11.1 Å². The van der Waals surface area contributed by atoms with Gasteiger partial charge < -0.3 is 14.9 Å². The third-order valence-electron chi connectivity index (χ3n) is 3.97. The number of amides is 2. The number of hydrogen-bond donors (Lipinski definition) is 1. The maximum Gasteiger partial charge on any atom is 0.417 e. The quantitative estimate of drug-likeness (QED) is 0.816. The average Bonchev–Trinajstić information content (AvgIpc) is 2.83. The molecule has 1 fully saturated rings. The number of likely N-dealkylation sites (tertiary alicyclic amines) is 1. The number of hydrogen-bond acceptors (Lipinski definition) is 3. The molecule has 1 unspecified atom stereocenters. The Bertz CT molecular complexity index is 716. The molecule has 0 aliphatic carbocycles. The van der Waals surface area contributed by atoms with Crippen molar-refractivity contribution in [1.29, 1.82) is 0 Å². The zero-order valence-corrected chi connectivity index (χ0v) is 13.4. The molecule has 1 heterocycles. The first kappa shape index (κ1) is 19.9. The van der Waals surface area contributed by atoms with E-state index in [0.29, 0.717) is 21.9 Å². The maximum absolute atomic E-state index is 13.1. The summed E-state index contributed by atoms with van der Waals surface area (Å²) in [5.74, 6) is -2.81. The van der Waals surface area contributed by atoms with Crippen LogP contribution in [0.25, 0.3) is 0 Å². The van der Waals surface area contributed by atoms with E-state index in [9.17, 15) is 41.0 Å². The molecule has 1 saturated heterocycles. The van der Waals surface area contributed by atoms with Gasteiger partial charge in [-0.1, -0.05) is 0 Å². The van der Waals surface area contributed by atoms with Crippen molar-refractivity contribution in [3.63, 3.8) is 0 Å². The first-order valence-electron chi connectivity index (χ1n) is 7.34. The number of carbonyl (C=O) groups excluding carboxylic acids is 2. The maximum atomic E-state index is 13.1. The summed E-state index contributed by atoms with van der Waals surface area (Å²) in [5, 5.41) is 9.38. The molecule has 0 spiro atoms. The highest BCUT2D eigenvalue weighted by atomic mass is 19.4. The van der Waals surface area contributed by atoms with Gasteiger partial charge in [-0.15, -0.1) is 0 Å². The Morgan fingerprint density at radius 2 is 1.88 bits per heavy atom. The minimum atomic E-state index is -4.89. The Balaban J connectivity index is 2.26. The number of benzene rings is 1. The molecule has 1 aliphatic rings. The fourth-order valence-electron chi connectivity index (χ4n) is 2.74. The molecule has 144 valence electrons. The number of likely N-dealkylation sites (N-methyl/N-ethyl adjacent to an activating group) is 1. The lowest BCUT2D eigenvalue weighted by Crippen LogP contribution is -2.45. The number of nitrogens with zero attached hydrogens (tertiary/aromatic N) is 2. The first-order chi connectivity index (χ1) is 11.8. The number of halogens is 6. The lowest BCUT2D eigenvalue weighted by Gasteiger charge is -2.25. The third-order valence-corrected chi connectivity index (χ3v) is 3.97. The molecule has 1 N–H and O–H groups in total. The Labute approximate surface area is 143 Å². The second-order valence-electron chi connectivity index (χ2n) is 5.82. The standard InChI is InChI=1S/C15H14F6N2O3/c1-22(11-4-5-23(13(11)26)7-14(16,17)18)12(25)9-6-8(24)2-3-10(9)15(19,20)21/h2-3,6,11,24H,4-5,7H2,1H3. The molecule has 1 aliphatic heterocycles. The molecular formula is C15H14F6N2O3. The molecular weight excluding hydrogens is 370 g/mol. The number of aromatic hydroxyl groups is 1. The van der Waals surface area contributed by atoms with Crippen LogP contribution in [0.15, 0.2) is 18.2 Å². The van der Waals surface area contributed by atoms with E-state index in [-0.39, 0.29) is 13.0 Å². The molecule has 1 aromatic carbocycles. The molecule has 0 aromatic heterocycles. The molecule has 1 aromatic rings. The van der Waals surface area contributed by atoms with Crippen LogP contribution in [0.1, 0.15) is 22.3 Å². The minimum Gasteiger partial charge on any atom is -0.508 e. The first-order valence-corrected chi connectivity index (χ1v) is 7.34. The van der Waals surface area contributed by atoms with Crippen molar-refractivity contribution in [2.24, 2.45) is 0 Å². The van der Waals surface area contributed by atoms with Gasteiger partial charge in [0.2, 0.25) is 5.91 Å². The lowest BCUT2D eigenvalue weighted by atomic mass is 10.0. The molecule has 2 rings (SSSR count). The van der Waals surface area contributed by atoms with Crippen molar-refractivity contribution < 1.29 is 41.0 Å². The number of carbonyl (C=O) groups is 2. The number of phenolic OH excluding ortho intramolecular Hbond substituents is 1. The second kappa shape index (κ2) is 6.69. The molecule has 2 amide bonds. The Morgan fingerprint density at radius 1 is 1.27 bits per heavy atom. The Kier molecular flexibility index (Phi) is 5.11. The van der Waals surface area contributed by atoms with Gasteiger partial charge >= 0.3 is 12.4 Å². The van der Waals surface area contributed by atoms with E-state index in [1.54, 1.807) is 0 Å². The van der Waals surface area contributed by atoms with Crippen LogP contribution in [0.4, 0.5) is 26.3 Å². The van der Waals surface area contributed by atoms with Gasteiger partial charge in [-0.05, 0) is 24.6 Å². The van der Waals surface area contributed by atoms with Crippen LogP contribution < -0.4 is 0 Å². The molecule has 11 heteroatoms. The van der Waals surface area contributed by atoms with Crippen molar-refractivity contribution in [2.45, 2.75) is 24.8 Å². The van der Waals surface area contributed by atoms with E-state index < -0.39 is 53.6 Å². The summed E-state index contributed by atoms with van der Waals surface area (Å²) < 4.78 is 76.5. The summed E-state index contributed by atoms with van der Waals surface area (Å²) in [6.07, 6.45) is -9.65. The van der Waals surface area contributed by atoms with Gasteiger partial charge in [-0.25, -0.2) is 0 Å². The molecule has 0 saturated carbocycles. The highest BCUT2D eigenvalue weighted by Crippen LogP contribution is 2.34. The Hall–Kier alpha value is -2.46. The van der Waals surface area contributed by atoms with Crippen LogP contribution in [0.2, 0.25) is 0 Å². The largest absolute Gasteiger partial charge is 0.508 e. The van der Waals surface area contributed by atoms with Crippen molar-refractivity contribution >= 4 is 11.8 Å². The SMILES string of the molecule is CN(C(=O)c1cc(O)ccc1C(F)(F)F)C1CCN(CC(F)(F)F)C1=O. The Morgan fingerprint density at radius 3 is 2.42 bits per heavy atom. The summed E-state index contributed by atoms with van der Waals surface area (Å²) in [6.45, 7) is -1.77. The van der Waals surface area contributed by atoms with Crippen molar-refractivity contribution in [2.75, 3.05) is 20.1 Å². The average molecular weight is 384 g/mol. The van der Waals surface area contributed by atoms with Crippen LogP contribution in [-0.4, -0.2) is 59.1 Å². The topological polar surface area (TPSA) is 60.9 Å². The zero-order valence-electron chi connectivity index (χ0n) is 13.4. The highest BCUT2D eigenvalue weighted by molar-refractivity contribution is 5.99. The lowest BCUT2D eigenvalue weighted by molar-refractivity contribution is -0.158. The van der Waals surface area contributed by atoms with Crippen LogP contribution in [-0.2, 0) is 11.0 Å². The van der Waals surface area contributed by atoms with Crippen LogP contribution >= 0.6 is 0 Å². The van der Waals surface area contributed by atoms with Gasteiger partial charge in [0, 0.05) is 13.6 Å². The van der Waals surface area contributed by atoms with Crippen molar-refractivity contribution in [3.05, 3.63) is 29.3 Å². The summed E-state index contributed by atoms with van der Waals surface area (Å²) in [7, 11) is 1.03. The van der Waals surface area contributed by atoms with E-state index in [0.717, 1.165) is 13.1 Å². The van der Waals surface area contributed by atoms with E-state index in [2.05, 4.69) is 0 Å². The third kappa shape index (κ3) is 4.20. The number of alkyl halides is 6. The van der Waals surface area contributed by atoms with E-state index in [1.807, 2.05) is 0 Å². The smallest absolute Gasteiger partial charge is 0.417 e. The highest BCUT2D eigenvalue weighted by Gasteiger charge is 2.43. The van der Waals surface area contributed by atoms with Crippen molar-refractivity contribution in [3.8, 4) is 5.75 Å². The van der Waals surface area contributed by atoms with Crippen LogP contribution in [0.5, 0.6) is 5.75 Å². The number of phenols is 1. The van der Waals surface area contributed by atoms with Gasteiger partial charge in [0.1, 0.15) is 18.3 Å². The van der Waals surface area contributed by atoms with E-state index in [4.69, 9.17) is 0 Å². The van der Waals surface area contributed by atoms with Gasteiger partial charge in [0.25, 0.3) is 5.91 Å². The summed E-state index contributed by atoms with van der Waals surface area (Å²) >= 11 is 0. The summed E-state index contributed by atoms with van der Waals surface area (Å²) in [5.41, 5.74) is -2.20. The monoisotopic (exact) mass is 384 g/mol. The van der Waals surface area contributed by atoms with Gasteiger partial charge in [-0.3, -0.25) is 9.59 Å². The van der Waals surface area contributed by atoms with E-state index in [1.165, 1.54) is 0 Å². The molecule has 0 bridgehead atoms. The number of rotatable bonds is 3. The van der Waals surface area contributed by atoms with Crippen molar-refractivity contribution in [1.82, 2.24) is 9.80 Å². The zero-order chi connectivity index (χ0) is 19.9. The summed E-state index contributed by atoms with van der Waals surface area (Å²) in [6, 6.07) is 0.566. The fourth-order valence-corrected chi connectivity index (χ4v) is 2.74. The minimum absolute atomic E-state index is 0.142.